The van der Waals surface area contributed by atoms with Gasteiger partial charge in [0, 0.05) is 22.0 Å². The van der Waals surface area contributed by atoms with Gasteiger partial charge in [0.15, 0.2) is 12.0 Å². The van der Waals surface area contributed by atoms with Crippen LogP contribution in [0.5, 0.6) is 5.75 Å². The zero-order valence-electron chi connectivity index (χ0n) is 16.6. The summed E-state index contributed by atoms with van der Waals surface area (Å²) in [7, 11) is 0. The van der Waals surface area contributed by atoms with Crippen molar-refractivity contribution in [1.29, 1.82) is 0 Å². The Labute approximate surface area is 168 Å². The summed E-state index contributed by atoms with van der Waals surface area (Å²) in [6.07, 6.45) is 0. The van der Waals surface area contributed by atoms with Crippen LogP contribution in [-0.2, 0) is 4.79 Å². The van der Waals surface area contributed by atoms with Crippen LogP contribution in [-0.4, -0.2) is 17.5 Å². The molecule has 1 aromatic heterocycles. The third-order valence-electron chi connectivity index (χ3n) is 4.99. The number of nitrogens with one attached hydrogen (secondary N) is 2. The summed E-state index contributed by atoms with van der Waals surface area (Å²) in [6.45, 7) is 5.83. The van der Waals surface area contributed by atoms with Crippen molar-refractivity contribution in [3.63, 3.8) is 0 Å². The van der Waals surface area contributed by atoms with Crippen molar-refractivity contribution >= 4 is 33.4 Å². The summed E-state index contributed by atoms with van der Waals surface area (Å²) < 4.78 is 5.65. The Morgan fingerprint density at radius 3 is 2.38 bits per heavy atom. The molecular formula is C24H22N2O3. The molecule has 29 heavy (non-hydrogen) atoms. The summed E-state index contributed by atoms with van der Waals surface area (Å²) in [6, 6.07) is 16.7. The lowest BCUT2D eigenvalue weighted by Crippen LogP contribution is -2.21. The third kappa shape index (κ3) is 3.72. The van der Waals surface area contributed by atoms with Crippen molar-refractivity contribution in [3.05, 3.63) is 81.5 Å². The van der Waals surface area contributed by atoms with Gasteiger partial charge in [0.25, 0.3) is 5.91 Å². The monoisotopic (exact) mass is 386 g/mol. The molecule has 0 spiro atoms. The Bertz CT molecular complexity index is 1280. The highest BCUT2D eigenvalue weighted by Crippen LogP contribution is 2.23. The summed E-state index contributed by atoms with van der Waals surface area (Å²) in [4.78, 5) is 28.4. The minimum atomic E-state index is -0.243. The molecule has 0 bridgehead atoms. The van der Waals surface area contributed by atoms with E-state index in [1.807, 2.05) is 51.1 Å². The molecule has 1 heterocycles. The second kappa shape index (κ2) is 7.43. The minimum Gasteiger partial charge on any atom is -0.484 e. The van der Waals surface area contributed by atoms with E-state index in [-0.39, 0.29) is 17.9 Å². The number of anilines is 1. The normalized spacial score (nSPS) is 11.0. The Morgan fingerprint density at radius 1 is 0.931 bits per heavy atom. The molecule has 0 aliphatic carbocycles. The van der Waals surface area contributed by atoms with Crippen LogP contribution >= 0.6 is 0 Å². The number of pyridine rings is 1. The third-order valence-corrected chi connectivity index (χ3v) is 4.99. The van der Waals surface area contributed by atoms with Crippen LogP contribution in [0.15, 0.2) is 59.4 Å². The number of aromatic nitrogens is 1. The van der Waals surface area contributed by atoms with Crippen LogP contribution in [0.2, 0.25) is 0 Å². The number of carbonyl (C=O) groups excluding carboxylic acids is 1. The number of carbonyl (C=O) groups is 1. The number of amides is 1. The van der Waals surface area contributed by atoms with Crippen LogP contribution in [0.3, 0.4) is 0 Å². The fraction of sp³-hybridized carbons (Fsp3) is 0.167. The maximum atomic E-state index is 12.8. The molecular weight excluding hydrogens is 364 g/mol. The number of aryl methyl sites for hydroxylation is 3. The number of rotatable bonds is 4. The van der Waals surface area contributed by atoms with Gasteiger partial charge >= 0.3 is 0 Å². The lowest BCUT2D eigenvalue weighted by atomic mass is 10.1. The number of hydrogen-bond acceptors (Lipinski definition) is 3. The van der Waals surface area contributed by atoms with Gasteiger partial charge in [-0.15, -0.1) is 0 Å². The predicted molar refractivity (Wildman–Crippen MR) is 117 cm³/mol. The van der Waals surface area contributed by atoms with Crippen molar-refractivity contribution in [2.24, 2.45) is 0 Å². The average Bonchev–Trinajstić information content (AvgIpc) is 2.69. The fourth-order valence-electron chi connectivity index (χ4n) is 3.69. The molecule has 0 aliphatic rings. The maximum Gasteiger partial charge on any atom is 0.262 e. The second-order valence-corrected chi connectivity index (χ2v) is 7.32. The molecule has 0 aliphatic heterocycles. The van der Waals surface area contributed by atoms with Crippen molar-refractivity contribution in [2.75, 3.05) is 11.9 Å². The number of fused-ring (bicyclic) bond motifs is 2. The van der Waals surface area contributed by atoms with E-state index >= 15 is 0 Å². The van der Waals surface area contributed by atoms with E-state index in [0.717, 1.165) is 33.4 Å². The molecule has 0 fully saturated rings. The van der Waals surface area contributed by atoms with E-state index in [1.165, 1.54) is 0 Å². The van der Waals surface area contributed by atoms with Gasteiger partial charge in [-0.25, -0.2) is 0 Å². The van der Waals surface area contributed by atoms with E-state index in [1.54, 1.807) is 24.3 Å². The lowest BCUT2D eigenvalue weighted by molar-refractivity contribution is -0.118. The van der Waals surface area contributed by atoms with Crippen LogP contribution in [0.4, 0.5) is 5.69 Å². The van der Waals surface area contributed by atoms with Gasteiger partial charge in [-0.2, -0.15) is 0 Å². The smallest absolute Gasteiger partial charge is 0.262 e. The van der Waals surface area contributed by atoms with E-state index in [4.69, 9.17) is 4.74 Å². The number of para-hydroxylation sites is 1. The van der Waals surface area contributed by atoms with Gasteiger partial charge in [0.1, 0.15) is 5.75 Å². The first-order chi connectivity index (χ1) is 13.9. The molecule has 0 saturated carbocycles. The highest BCUT2D eigenvalue weighted by atomic mass is 16.5. The van der Waals surface area contributed by atoms with Crippen molar-refractivity contribution in [2.45, 2.75) is 20.8 Å². The predicted octanol–water partition coefficient (Wildman–Crippen LogP) is 4.62. The quantitative estimate of drug-likeness (QED) is 0.503. The van der Waals surface area contributed by atoms with Gasteiger partial charge in [0.05, 0.1) is 5.52 Å². The summed E-state index contributed by atoms with van der Waals surface area (Å²) in [5.41, 5.74) is 5.46. The molecule has 0 atom stereocenters. The van der Waals surface area contributed by atoms with E-state index in [2.05, 4.69) is 10.3 Å². The molecule has 4 rings (SSSR count). The van der Waals surface area contributed by atoms with Crippen molar-refractivity contribution in [1.82, 2.24) is 4.98 Å². The van der Waals surface area contributed by atoms with E-state index in [0.29, 0.717) is 16.5 Å². The standard InChI is InChI=1S/C24H22N2O3/c1-14-10-15(2)23(16(3)11-14)26-22(27)13-29-17-8-9-21-19(12-17)24(28)18-6-4-5-7-20(18)25-21/h4-12H,13H2,1-3H3,(H,25,28)(H,26,27). The largest absolute Gasteiger partial charge is 0.484 e. The van der Waals surface area contributed by atoms with E-state index in [9.17, 15) is 9.59 Å². The van der Waals surface area contributed by atoms with Gasteiger partial charge in [-0.05, 0) is 62.2 Å². The molecule has 1 amide bonds. The molecule has 5 nitrogen and oxygen atoms in total. The zero-order valence-corrected chi connectivity index (χ0v) is 16.6. The van der Waals surface area contributed by atoms with Crippen molar-refractivity contribution in [3.8, 4) is 5.75 Å². The minimum absolute atomic E-state index is 0.0600. The molecule has 0 radical (unpaired) electrons. The Balaban J connectivity index is 1.54. The number of aromatic amines is 1. The molecule has 5 heteroatoms. The summed E-state index contributed by atoms with van der Waals surface area (Å²) >= 11 is 0. The molecule has 4 aromatic rings. The van der Waals surface area contributed by atoms with Gasteiger partial charge < -0.3 is 15.0 Å². The van der Waals surface area contributed by atoms with Crippen LogP contribution in [0.1, 0.15) is 16.7 Å². The first-order valence-electron chi connectivity index (χ1n) is 9.47. The van der Waals surface area contributed by atoms with Crippen molar-refractivity contribution < 1.29 is 9.53 Å². The maximum absolute atomic E-state index is 12.8. The Morgan fingerprint density at radius 2 is 1.62 bits per heavy atom. The number of benzene rings is 3. The lowest BCUT2D eigenvalue weighted by Gasteiger charge is -2.13. The van der Waals surface area contributed by atoms with Crippen LogP contribution < -0.4 is 15.5 Å². The number of hydrogen-bond donors (Lipinski definition) is 2. The number of H-pyrrole nitrogens is 1. The van der Waals surface area contributed by atoms with Crippen LogP contribution in [0, 0.1) is 20.8 Å². The van der Waals surface area contributed by atoms with E-state index < -0.39 is 0 Å². The molecule has 0 saturated heterocycles. The Hall–Kier alpha value is -3.60. The first kappa shape index (κ1) is 18.7. The average molecular weight is 386 g/mol. The fourth-order valence-corrected chi connectivity index (χ4v) is 3.69. The molecule has 0 unspecified atom stereocenters. The molecule has 146 valence electrons. The highest BCUT2D eigenvalue weighted by molar-refractivity contribution is 5.94. The second-order valence-electron chi connectivity index (χ2n) is 7.32. The number of ether oxygens (including phenoxy) is 1. The SMILES string of the molecule is Cc1cc(C)c(NC(=O)COc2ccc3[nH]c4ccccc4c(=O)c3c2)c(C)c1. The molecule has 2 N–H and O–H groups in total. The first-order valence-corrected chi connectivity index (χ1v) is 9.47. The van der Waals surface area contributed by atoms with Gasteiger partial charge in [-0.1, -0.05) is 29.8 Å². The van der Waals surface area contributed by atoms with Crippen LogP contribution in [0.25, 0.3) is 21.8 Å². The summed E-state index contributed by atoms with van der Waals surface area (Å²) in [5, 5.41) is 4.08. The summed E-state index contributed by atoms with van der Waals surface area (Å²) in [5.74, 6) is 0.235. The van der Waals surface area contributed by atoms with Gasteiger partial charge in [-0.3, -0.25) is 9.59 Å². The zero-order chi connectivity index (χ0) is 20.5. The van der Waals surface area contributed by atoms with Gasteiger partial charge in [0.2, 0.25) is 0 Å². The molecule has 3 aromatic carbocycles. The highest BCUT2D eigenvalue weighted by Gasteiger charge is 2.10. The Kier molecular flexibility index (Phi) is 4.80. The topological polar surface area (TPSA) is 71.2 Å².